The number of ether oxygens (including phenoxy) is 1. The molecule has 1 N–H and O–H groups in total. The molecular formula is C20H21Cl3FN3O3S. The summed E-state index contributed by atoms with van der Waals surface area (Å²) in [4.78, 5) is 0.000647. The van der Waals surface area contributed by atoms with Crippen molar-refractivity contribution in [2.24, 2.45) is 5.41 Å². The zero-order chi connectivity index (χ0) is 21.9. The SMILES string of the molecule is CCNCC1(COc2ccc(C#N)c(F)c2)CN(S(=O)(=O)c2ccc(Cl)cc2Cl)C1.Cl. The Bertz CT molecular complexity index is 1090. The van der Waals surface area contributed by atoms with E-state index >= 15 is 0 Å². The molecule has 6 nitrogen and oxygen atoms in total. The number of nitriles is 1. The minimum absolute atomic E-state index is 0. The van der Waals surface area contributed by atoms with Crippen LogP contribution in [0.4, 0.5) is 4.39 Å². The Balaban J connectivity index is 0.00000341. The van der Waals surface area contributed by atoms with E-state index in [-0.39, 0.29) is 53.3 Å². The number of sulfonamides is 1. The lowest BCUT2D eigenvalue weighted by Crippen LogP contribution is -2.64. The van der Waals surface area contributed by atoms with Crippen LogP contribution >= 0.6 is 35.6 Å². The second-order valence-electron chi connectivity index (χ2n) is 7.17. The van der Waals surface area contributed by atoms with Gasteiger partial charge in [0.2, 0.25) is 10.0 Å². The number of nitrogens with zero attached hydrogens (tertiary/aromatic N) is 2. The van der Waals surface area contributed by atoms with Gasteiger partial charge in [0, 0.05) is 36.1 Å². The molecule has 168 valence electrons. The number of hydrogen-bond acceptors (Lipinski definition) is 5. The van der Waals surface area contributed by atoms with Crippen molar-refractivity contribution in [2.75, 3.05) is 32.8 Å². The second kappa shape index (κ2) is 10.3. The second-order valence-corrected chi connectivity index (χ2v) is 9.92. The molecule has 3 rings (SSSR count). The van der Waals surface area contributed by atoms with Gasteiger partial charge in [-0.05, 0) is 36.9 Å². The molecule has 2 aromatic rings. The van der Waals surface area contributed by atoms with Crippen molar-refractivity contribution >= 4 is 45.6 Å². The number of benzene rings is 2. The number of hydrogen-bond donors (Lipinski definition) is 1. The van der Waals surface area contributed by atoms with Gasteiger partial charge in [0.25, 0.3) is 0 Å². The summed E-state index contributed by atoms with van der Waals surface area (Å²) in [7, 11) is -3.78. The molecule has 1 aliphatic heterocycles. The van der Waals surface area contributed by atoms with Crippen LogP contribution in [0.3, 0.4) is 0 Å². The number of rotatable bonds is 8. The molecule has 11 heteroatoms. The summed E-state index contributed by atoms with van der Waals surface area (Å²) in [6.45, 7) is 3.82. The summed E-state index contributed by atoms with van der Waals surface area (Å²) in [6.07, 6.45) is 0. The van der Waals surface area contributed by atoms with Gasteiger partial charge in [0.1, 0.15) is 22.5 Å². The molecule has 0 saturated carbocycles. The van der Waals surface area contributed by atoms with Gasteiger partial charge >= 0.3 is 0 Å². The van der Waals surface area contributed by atoms with E-state index in [1.165, 1.54) is 34.6 Å². The maximum Gasteiger partial charge on any atom is 0.244 e. The normalized spacial score (nSPS) is 15.5. The van der Waals surface area contributed by atoms with Crippen molar-refractivity contribution in [3.8, 4) is 11.8 Å². The summed E-state index contributed by atoms with van der Waals surface area (Å²) < 4.78 is 46.8. The van der Waals surface area contributed by atoms with E-state index in [4.69, 9.17) is 33.2 Å². The molecule has 1 heterocycles. The Labute approximate surface area is 197 Å². The Morgan fingerprint density at radius 1 is 1.26 bits per heavy atom. The maximum absolute atomic E-state index is 13.8. The first-order valence-corrected chi connectivity index (χ1v) is 11.4. The molecule has 0 atom stereocenters. The smallest absolute Gasteiger partial charge is 0.244 e. The van der Waals surface area contributed by atoms with Gasteiger partial charge in [-0.1, -0.05) is 30.1 Å². The van der Waals surface area contributed by atoms with Crippen LogP contribution in [0.1, 0.15) is 12.5 Å². The molecule has 2 aromatic carbocycles. The molecular weight excluding hydrogens is 488 g/mol. The summed E-state index contributed by atoms with van der Waals surface area (Å²) in [5.74, 6) is -0.379. The lowest BCUT2D eigenvalue weighted by atomic mass is 9.82. The molecule has 1 fully saturated rings. The highest BCUT2D eigenvalue weighted by Gasteiger charge is 2.49. The van der Waals surface area contributed by atoms with Gasteiger partial charge in [0.15, 0.2) is 0 Å². The molecule has 0 amide bonds. The summed E-state index contributed by atoms with van der Waals surface area (Å²) in [6, 6.07) is 10.0. The van der Waals surface area contributed by atoms with Crippen LogP contribution in [0.15, 0.2) is 41.3 Å². The molecule has 1 aliphatic rings. The van der Waals surface area contributed by atoms with Crippen LogP contribution in [0.25, 0.3) is 0 Å². The fraction of sp³-hybridized carbons (Fsp3) is 0.350. The molecule has 1 saturated heterocycles. The molecule has 0 aromatic heterocycles. The maximum atomic E-state index is 13.8. The molecule has 0 radical (unpaired) electrons. The van der Waals surface area contributed by atoms with E-state index in [1.54, 1.807) is 6.07 Å². The molecule has 0 aliphatic carbocycles. The van der Waals surface area contributed by atoms with Crippen LogP contribution in [-0.4, -0.2) is 45.5 Å². The van der Waals surface area contributed by atoms with Gasteiger partial charge in [-0.3, -0.25) is 0 Å². The molecule has 31 heavy (non-hydrogen) atoms. The van der Waals surface area contributed by atoms with E-state index in [0.29, 0.717) is 18.1 Å². The summed E-state index contributed by atoms with van der Waals surface area (Å²) in [5.41, 5.74) is -0.544. The Kier molecular flexibility index (Phi) is 8.56. The Morgan fingerprint density at radius 2 is 1.97 bits per heavy atom. The van der Waals surface area contributed by atoms with Gasteiger partial charge in [-0.2, -0.15) is 9.57 Å². The third-order valence-corrected chi connectivity index (χ3v) is 7.40. The first kappa shape index (κ1) is 25.7. The third kappa shape index (κ3) is 5.61. The van der Waals surface area contributed by atoms with Crippen LogP contribution in [-0.2, 0) is 10.0 Å². The summed E-state index contributed by atoms with van der Waals surface area (Å²) >= 11 is 12.0. The van der Waals surface area contributed by atoms with Crippen molar-refractivity contribution in [1.29, 1.82) is 5.26 Å². The van der Waals surface area contributed by atoms with Crippen LogP contribution in [0.2, 0.25) is 10.0 Å². The highest BCUT2D eigenvalue weighted by Crippen LogP contribution is 2.37. The quantitative estimate of drug-likeness (QED) is 0.580. The van der Waals surface area contributed by atoms with Crippen molar-refractivity contribution in [3.05, 3.63) is 57.8 Å². The third-order valence-electron chi connectivity index (χ3n) is 4.89. The van der Waals surface area contributed by atoms with Gasteiger partial charge in [0.05, 0.1) is 17.2 Å². The first-order chi connectivity index (χ1) is 14.2. The average Bonchev–Trinajstić information content (AvgIpc) is 2.66. The fourth-order valence-electron chi connectivity index (χ4n) is 3.25. The lowest BCUT2D eigenvalue weighted by Gasteiger charge is -2.48. The largest absolute Gasteiger partial charge is 0.493 e. The van der Waals surface area contributed by atoms with Gasteiger partial charge in [-0.25, -0.2) is 12.8 Å². The van der Waals surface area contributed by atoms with E-state index < -0.39 is 21.3 Å². The first-order valence-electron chi connectivity index (χ1n) is 9.19. The topological polar surface area (TPSA) is 82.4 Å². The fourth-order valence-corrected chi connectivity index (χ4v) is 5.66. The number of nitrogens with one attached hydrogen (secondary N) is 1. The minimum Gasteiger partial charge on any atom is -0.493 e. The molecule has 0 spiro atoms. The van der Waals surface area contributed by atoms with Gasteiger partial charge < -0.3 is 10.1 Å². The summed E-state index contributed by atoms with van der Waals surface area (Å²) in [5, 5.41) is 12.5. The van der Waals surface area contributed by atoms with E-state index in [2.05, 4.69) is 5.32 Å². The highest BCUT2D eigenvalue weighted by molar-refractivity contribution is 7.89. The average molecular weight is 509 g/mol. The standard InChI is InChI=1S/C20H20Cl2FN3O3S.ClH/c1-2-25-10-20(13-29-16-5-3-14(9-24)18(23)8-16)11-26(12-20)30(27,28)19-6-4-15(21)7-17(19)22;/h3-8,25H,2,10-13H2,1H3;1H. The zero-order valence-electron chi connectivity index (χ0n) is 16.6. The Hall–Kier alpha value is -1.60. The van der Waals surface area contributed by atoms with Crippen molar-refractivity contribution < 1.29 is 17.5 Å². The zero-order valence-corrected chi connectivity index (χ0v) is 19.7. The monoisotopic (exact) mass is 507 g/mol. The molecule has 0 bridgehead atoms. The number of halogens is 4. The van der Waals surface area contributed by atoms with E-state index in [0.717, 1.165) is 6.07 Å². The van der Waals surface area contributed by atoms with Crippen LogP contribution in [0.5, 0.6) is 5.75 Å². The van der Waals surface area contributed by atoms with Crippen LogP contribution < -0.4 is 10.1 Å². The van der Waals surface area contributed by atoms with Crippen molar-refractivity contribution in [3.63, 3.8) is 0 Å². The van der Waals surface area contributed by atoms with E-state index in [9.17, 15) is 12.8 Å². The molecule has 0 unspecified atom stereocenters. The minimum atomic E-state index is -3.78. The van der Waals surface area contributed by atoms with Crippen molar-refractivity contribution in [2.45, 2.75) is 11.8 Å². The van der Waals surface area contributed by atoms with Gasteiger partial charge in [-0.15, -0.1) is 12.4 Å². The predicted molar refractivity (Wildman–Crippen MR) is 120 cm³/mol. The van der Waals surface area contributed by atoms with E-state index in [1.807, 2.05) is 6.92 Å². The van der Waals surface area contributed by atoms with Crippen molar-refractivity contribution in [1.82, 2.24) is 9.62 Å². The highest BCUT2D eigenvalue weighted by atomic mass is 35.5. The predicted octanol–water partition coefficient (Wildman–Crippen LogP) is 4.11. The van der Waals surface area contributed by atoms with Crippen LogP contribution in [0, 0.1) is 22.6 Å². The lowest BCUT2D eigenvalue weighted by molar-refractivity contribution is 0.0198. The Morgan fingerprint density at radius 3 is 2.55 bits per heavy atom.